The van der Waals surface area contributed by atoms with Crippen molar-refractivity contribution in [3.63, 3.8) is 0 Å². The lowest BCUT2D eigenvalue weighted by molar-refractivity contribution is 0.144. The van der Waals surface area contributed by atoms with Gasteiger partial charge in [-0.15, -0.1) is 0 Å². The molecule has 0 radical (unpaired) electrons. The van der Waals surface area contributed by atoms with Gasteiger partial charge < -0.3 is 24.8 Å². The smallest absolute Gasteiger partial charge is 0.191 e. The van der Waals surface area contributed by atoms with Crippen molar-refractivity contribution in [2.75, 3.05) is 61.2 Å². The second-order valence-corrected chi connectivity index (χ2v) is 6.63. The molecule has 1 aliphatic carbocycles. The number of benzene rings is 1. The molecular formula is C20H34N4O3. The van der Waals surface area contributed by atoms with Crippen LogP contribution in [0.4, 0.5) is 0 Å². The van der Waals surface area contributed by atoms with Crippen LogP contribution in [0.1, 0.15) is 18.4 Å². The summed E-state index contributed by atoms with van der Waals surface area (Å²) in [6, 6.07) is 6.75. The first kappa shape index (κ1) is 21.3. The van der Waals surface area contributed by atoms with Crippen LogP contribution in [0.25, 0.3) is 0 Å². The van der Waals surface area contributed by atoms with Crippen LogP contribution in [0, 0.1) is 0 Å². The molecule has 1 aromatic rings. The molecule has 0 saturated heterocycles. The van der Waals surface area contributed by atoms with E-state index in [0.29, 0.717) is 0 Å². The van der Waals surface area contributed by atoms with Crippen molar-refractivity contribution >= 4 is 5.96 Å². The number of nitrogens with one attached hydrogen (secondary N) is 2. The first-order chi connectivity index (χ1) is 13.2. The summed E-state index contributed by atoms with van der Waals surface area (Å²) in [6.07, 6.45) is 3.49. The highest BCUT2D eigenvalue weighted by Crippen LogP contribution is 2.27. The van der Waals surface area contributed by atoms with E-state index in [1.165, 1.54) is 18.4 Å². The molecular weight excluding hydrogens is 344 g/mol. The maximum absolute atomic E-state index is 5.36. The average molecular weight is 379 g/mol. The molecule has 1 saturated carbocycles. The van der Waals surface area contributed by atoms with E-state index in [1.54, 1.807) is 28.4 Å². The van der Waals surface area contributed by atoms with Crippen molar-refractivity contribution in [1.82, 2.24) is 15.5 Å². The molecule has 0 spiro atoms. The van der Waals surface area contributed by atoms with Gasteiger partial charge in [0.1, 0.15) is 0 Å². The zero-order chi connectivity index (χ0) is 19.5. The minimum atomic E-state index is 0.738. The molecule has 0 heterocycles. The van der Waals surface area contributed by atoms with Crippen LogP contribution in [-0.2, 0) is 11.2 Å². The highest BCUT2D eigenvalue weighted by molar-refractivity contribution is 5.79. The van der Waals surface area contributed by atoms with Crippen LogP contribution in [0.15, 0.2) is 23.2 Å². The molecule has 0 aromatic heterocycles. The Morgan fingerprint density at radius 3 is 2.44 bits per heavy atom. The maximum Gasteiger partial charge on any atom is 0.191 e. The minimum absolute atomic E-state index is 0.738. The number of methoxy groups -OCH3 is 3. The Morgan fingerprint density at radius 1 is 1.07 bits per heavy atom. The summed E-state index contributed by atoms with van der Waals surface area (Å²) < 4.78 is 15.8. The predicted molar refractivity (Wildman–Crippen MR) is 109 cm³/mol. The van der Waals surface area contributed by atoms with E-state index in [-0.39, 0.29) is 0 Å². The third-order valence-electron chi connectivity index (χ3n) is 4.72. The fourth-order valence-electron chi connectivity index (χ4n) is 3.03. The predicted octanol–water partition coefficient (Wildman–Crippen LogP) is 1.52. The molecule has 0 aliphatic heterocycles. The van der Waals surface area contributed by atoms with Crippen LogP contribution in [0.3, 0.4) is 0 Å². The van der Waals surface area contributed by atoms with E-state index in [4.69, 9.17) is 14.2 Å². The Bertz CT molecular complexity index is 591. The number of nitrogens with zero attached hydrogens (tertiary/aromatic N) is 2. The molecule has 7 nitrogen and oxygen atoms in total. The normalized spacial score (nSPS) is 14.3. The number of hydrogen-bond donors (Lipinski definition) is 2. The fraction of sp³-hybridized carbons (Fsp3) is 0.650. The largest absolute Gasteiger partial charge is 0.493 e. The third-order valence-corrected chi connectivity index (χ3v) is 4.72. The zero-order valence-electron chi connectivity index (χ0n) is 17.1. The molecule has 152 valence electrons. The molecule has 0 unspecified atom stereocenters. The van der Waals surface area contributed by atoms with Gasteiger partial charge in [0.2, 0.25) is 0 Å². The van der Waals surface area contributed by atoms with Gasteiger partial charge in [-0.3, -0.25) is 9.89 Å². The molecule has 0 atom stereocenters. The summed E-state index contributed by atoms with van der Waals surface area (Å²) in [7, 11) is 6.86. The lowest BCUT2D eigenvalue weighted by Crippen LogP contribution is -2.43. The second kappa shape index (κ2) is 11.7. The Labute approximate surface area is 163 Å². The highest BCUT2D eigenvalue weighted by atomic mass is 16.5. The van der Waals surface area contributed by atoms with E-state index in [0.717, 1.165) is 62.7 Å². The Morgan fingerprint density at radius 2 is 1.81 bits per heavy atom. The summed E-state index contributed by atoms with van der Waals surface area (Å²) in [6.45, 7) is 4.45. The van der Waals surface area contributed by atoms with E-state index >= 15 is 0 Å². The van der Waals surface area contributed by atoms with Gasteiger partial charge in [0.15, 0.2) is 17.5 Å². The topological polar surface area (TPSA) is 67.4 Å². The van der Waals surface area contributed by atoms with Gasteiger partial charge >= 0.3 is 0 Å². The Balaban J connectivity index is 1.70. The van der Waals surface area contributed by atoms with Gasteiger partial charge in [0, 0.05) is 46.4 Å². The van der Waals surface area contributed by atoms with Gasteiger partial charge in [-0.2, -0.15) is 0 Å². The van der Waals surface area contributed by atoms with E-state index in [2.05, 4.69) is 26.6 Å². The number of hydrogen-bond acceptors (Lipinski definition) is 5. The van der Waals surface area contributed by atoms with Gasteiger partial charge in [-0.05, 0) is 37.0 Å². The van der Waals surface area contributed by atoms with Crippen molar-refractivity contribution in [3.8, 4) is 11.5 Å². The maximum atomic E-state index is 5.36. The molecule has 0 bridgehead atoms. The standard InChI is InChI=1S/C20H34N4O3/c1-21-20(23-11-12-24(13-14-25-2)17-6-7-17)22-10-9-16-5-8-18(26-3)19(15-16)27-4/h5,8,15,17H,6-7,9-14H2,1-4H3,(H2,21,22,23). The Kier molecular flexibility index (Phi) is 9.21. The molecule has 1 aliphatic rings. The summed E-state index contributed by atoms with van der Waals surface area (Å²) in [4.78, 5) is 6.80. The molecule has 0 amide bonds. The van der Waals surface area contributed by atoms with Crippen LogP contribution in [-0.4, -0.2) is 78.1 Å². The first-order valence-electron chi connectivity index (χ1n) is 9.60. The van der Waals surface area contributed by atoms with Crippen molar-refractivity contribution in [2.45, 2.75) is 25.3 Å². The SMILES string of the molecule is CN=C(NCCc1ccc(OC)c(OC)c1)NCCN(CCOC)C1CC1. The van der Waals surface area contributed by atoms with E-state index in [9.17, 15) is 0 Å². The van der Waals surface area contributed by atoms with Gasteiger partial charge in [-0.1, -0.05) is 6.07 Å². The van der Waals surface area contributed by atoms with Crippen LogP contribution in [0.5, 0.6) is 11.5 Å². The van der Waals surface area contributed by atoms with Crippen LogP contribution in [0.2, 0.25) is 0 Å². The summed E-state index contributed by atoms with van der Waals surface area (Å²) in [5.41, 5.74) is 1.19. The number of aliphatic imine (C=N–C) groups is 1. The zero-order valence-corrected chi connectivity index (χ0v) is 17.1. The van der Waals surface area contributed by atoms with Crippen molar-refractivity contribution in [3.05, 3.63) is 23.8 Å². The molecule has 2 rings (SSSR count). The van der Waals surface area contributed by atoms with Gasteiger partial charge in [0.25, 0.3) is 0 Å². The van der Waals surface area contributed by atoms with Crippen LogP contribution >= 0.6 is 0 Å². The van der Waals surface area contributed by atoms with Gasteiger partial charge in [0.05, 0.1) is 20.8 Å². The molecule has 2 N–H and O–H groups in total. The van der Waals surface area contributed by atoms with Crippen molar-refractivity contribution < 1.29 is 14.2 Å². The lowest BCUT2D eigenvalue weighted by atomic mass is 10.1. The average Bonchev–Trinajstić information content (AvgIpc) is 3.54. The monoisotopic (exact) mass is 378 g/mol. The summed E-state index contributed by atoms with van der Waals surface area (Å²) in [5.74, 6) is 2.34. The van der Waals surface area contributed by atoms with E-state index < -0.39 is 0 Å². The fourth-order valence-corrected chi connectivity index (χ4v) is 3.03. The minimum Gasteiger partial charge on any atom is -0.493 e. The number of guanidine groups is 1. The number of rotatable bonds is 12. The second-order valence-electron chi connectivity index (χ2n) is 6.63. The molecule has 7 heteroatoms. The van der Waals surface area contributed by atoms with E-state index in [1.807, 2.05) is 12.1 Å². The summed E-state index contributed by atoms with van der Waals surface area (Å²) >= 11 is 0. The molecule has 27 heavy (non-hydrogen) atoms. The lowest BCUT2D eigenvalue weighted by Gasteiger charge is -2.22. The quantitative estimate of drug-likeness (QED) is 0.425. The Hall–Kier alpha value is -1.99. The van der Waals surface area contributed by atoms with Crippen LogP contribution < -0.4 is 20.1 Å². The third kappa shape index (κ3) is 7.27. The number of ether oxygens (including phenoxy) is 3. The van der Waals surface area contributed by atoms with Crippen molar-refractivity contribution in [1.29, 1.82) is 0 Å². The van der Waals surface area contributed by atoms with Crippen molar-refractivity contribution in [2.24, 2.45) is 4.99 Å². The molecule has 1 fully saturated rings. The highest BCUT2D eigenvalue weighted by Gasteiger charge is 2.28. The van der Waals surface area contributed by atoms with Gasteiger partial charge in [-0.25, -0.2) is 0 Å². The first-order valence-corrected chi connectivity index (χ1v) is 9.60. The molecule has 1 aromatic carbocycles. The summed E-state index contributed by atoms with van der Waals surface area (Å²) in [5, 5.41) is 6.77.